The summed E-state index contributed by atoms with van der Waals surface area (Å²) in [6, 6.07) is 19.6. The average Bonchev–Trinajstić information content (AvgIpc) is 3.18. The number of hydrogen-bond acceptors (Lipinski definition) is 4. The van der Waals surface area contributed by atoms with Gasteiger partial charge in [0.25, 0.3) is 0 Å². The summed E-state index contributed by atoms with van der Waals surface area (Å²) in [5, 5.41) is 3.87. The van der Waals surface area contributed by atoms with Crippen LogP contribution in [0.2, 0.25) is 0 Å². The molecule has 0 atom stereocenters. The van der Waals surface area contributed by atoms with Crippen molar-refractivity contribution in [2.75, 3.05) is 12.4 Å². The lowest BCUT2D eigenvalue weighted by Crippen LogP contribution is -2.09. The van der Waals surface area contributed by atoms with Crippen LogP contribution >= 0.6 is 49.9 Å². The zero-order chi connectivity index (χ0) is 21.1. The van der Waals surface area contributed by atoms with Gasteiger partial charge in [-0.1, -0.05) is 28.1 Å². The first-order valence-electron chi connectivity index (χ1n) is 9.01. The Hall–Kier alpha value is -2.23. The smallest absolute Gasteiger partial charge is 0.248 e. The van der Waals surface area contributed by atoms with E-state index in [1.54, 1.807) is 24.5 Å². The number of aromatic nitrogens is 1. The molecule has 4 aromatic rings. The van der Waals surface area contributed by atoms with E-state index in [9.17, 15) is 4.79 Å². The van der Waals surface area contributed by atoms with Crippen molar-refractivity contribution in [2.45, 2.75) is 0 Å². The predicted octanol–water partition coefficient (Wildman–Crippen LogP) is 6.99. The second-order valence-electron chi connectivity index (χ2n) is 6.39. The van der Waals surface area contributed by atoms with Gasteiger partial charge in [0, 0.05) is 25.2 Å². The molecule has 0 saturated heterocycles. The molecule has 1 heterocycles. The van der Waals surface area contributed by atoms with Crippen LogP contribution in [0.1, 0.15) is 5.56 Å². The molecule has 0 aliphatic rings. The number of fused-ring (bicyclic) bond motifs is 1. The minimum atomic E-state index is -0.222. The van der Waals surface area contributed by atoms with Gasteiger partial charge >= 0.3 is 0 Å². The number of methoxy groups -OCH3 is 1. The first-order valence-corrected chi connectivity index (χ1v) is 11.7. The molecule has 1 amide bonds. The van der Waals surface area contributed by atoms with Crippen LogP contribution in [0, 0.1) is 3.57 Å². The maximum absolute atomic E-state index is 12.6. The number of nitrogens with zero attached hydrogens (tertiary/aromatic N) is 1. The maximum Gasteiger partial charge on any atom is 0.248 e. The van der Waals surface area contributed by atoms with Crippen molar-refractivity contribution in [3.05, 3.63) is 80.3 Å². The number of benzene rings is 3. The Morgan fingerprint density at radius 1 is 1.17 bits per heavy atom. The van der Waals surface area contributed by atoms with Crippen molar-refractivity contribution in [3.8, 4) is 16.3 Å². The predicted molar refractivity (Wildman–Crippen MR) is 136 cm³/mol. The van der Waals surface area contributed by atoms with Gasteiger partial charge in [-0.3, -0.25) is 4.79 Å². The number of halogens is 2. The van der Waals surface area contributed by atoms with Crippen LogP contribution in [0.4, 0.5) is 5.69 Å². The van der Waals surface area contributed by atoms with E-state index in [2.05, 4.69) is 49.9 Å². The van der Waals surface area contributed by atoms with Gasteiger partial charge in [-0.15, -0.1) is 11.3 Å². The molecule has 0 bridgehead atoms. The fourth-order valence-corrected chi connectivity index (χ4v) is 4.83. The molecule has 0 aliphatic carbocycles. The summed E-state index contributed by atoms with van der Waals surface area (Å²) in [5.74, 6) is 0.479. The highest BCUT2D eigenvalue weighted by Crippen LogP contribution is 2.35. The number of amides is 1. The van der Waals surface area contributed by atoms with Gasteiger partial charge in [0.2, 0.25) is 5.91 Å². The van der Waals surface area contributed by atoms with E-state index in [1.165, 1.54) is 6.08 Å². The molecule has 150 valence electrons. The quantitative estimate of drug-likeness (QED) is 0.201. The van der Waals surface area contributed by atoms with Crippen LogP contribution in [-0.4, -0.2) is 18.0 Å². The molecule has 3 aromatic carbocycles. The number of carbonyl (C=O) groups is 1. The van der Waals surface area contributed by atoms with Crippen LogP contribution in [0.15, 0.2) is 71.2 Å². The first kappa shape index (κ1) is 21.0. The molecule has 4 nitrogen and oxygen atoms in total. The highest BCUT2D eigenvalue weighted by atomic mass is 127. The third-order valence-electron chi connectivity index (χ3n) is 4.37. The summed E-state index contributed by atoms with van der Waals surface area (Å²) in [6.45, 7) is 0. The number of thiazole rings is 1. The summed E-state index contributed by atoms with van der Waals surface area (Å²) in [4.78, 5) is 17.4. The Kier molecular flexibility index (Phi) is 6.50. The highest BCUT2D eigenvalue weighted by molar-refractivity contribution is 14.1. The van der Waals surface area contributed by atoms with Crippen LogP contribution in [0.25, 0.3) is 26.9 Å². The van der Waals surface area contributed by atoms with E-state index >= 15 is 0 Å². The molecule has 0 fully saturated rings. The molecule has 0 saturated carbocycles. The second-order valence-corrected chi connectivity index (χ2v) is 9.58. The van der Waals surface area contributed by atoms with E-state index in [0.717, 1.165) is 40.1 Å². The monoisotopic (exact) mass is 590 g/mol. The topological polar surface area (TPSA) is 51.2 Å². The second kappa shape index (κ2) is 9.28. The Morgan fingerprint density at radius 3 is 2.80 bits per heavy atom. The van der Waals surface area contributed by atoms with Crippen molar-refractivity contribution >= 4 is 77.7 Å². The molecule has 0 radical (unpaired) electrons. The Morgan fingerprint density at radius 2 is 2.00 bits per heavy atom. The molecule has 0 unspecified atom stereocenters. The fourth-order valence-electron chi connectivity index (χ4n) is 2.97. The van der Waals surface area contributed by atoms with Crippen LogP contribution < -0.4 is 10.1 Å². The lowest BCUT2D eigenvalue weighted by molar-refractivity contribution is -0.111. The SMILES string of the molecule is COc1ccc(Br)cc1C=CC(=O)Nc1ccc(I)cc1-c1nc2ccccc2s1. The van der Waals surface area contributed by atoms with Crippen LogP contribution in [-0.2, 0) is 4.79 Å². The van der Waals surface area contributed by atoms with E-state index in [4.69, 9.17) is 9.72 Å². The summed E-state index contributed by atoms with van der Waals surface area (Å²) < 4.78 is 8.47. The van der Waals surface area contributed by atoms with Crippen molar-refractivity contribution in [2.24, 2.45) is 0 Å². The molecular weight excluding hydrogens is 575 g/mol. The van der Waals surface area contributed by atoms with E-state index in [1.807, 2.05) is 54.6 Å². The largest absolute Gasteiger partial charge is 0.496 e. The lowest BCUT2D eigenvalue weighted by atomic mass is 10.1. The number of para-hydroxylation sites is 1. The molecule has 0 spiro atoms. The Balaban J connectivity index is 1.62. The van der Waals surface area contributed by atoms with Crippen molar-refractivity contribution in [1.29, 1.82) is 0 Å². The fraction of sp³-hybridized carbons (Fsp3) is 0.0435. The molecule has 7 heteroatoms. The van der Waals surface area contributed by atoms with Crippen molar-refractivity contribution in [1.82, 2.24) is 4.98 Å². The van der Waals surface area contributed by atoms with Gasteiger partial charge in [0.1, 0.15) is 10.8 Å². The molecule has 1 N–H and O–H groups in total. The Bertz CT molecular complexity index is 1240. The lowest BCUT2D eigenvalue weighted by Gasteiger charge is -2.09. The Labute approximate surface area is 200 Å². The minimum Gasteiger partial charge on any atom is -0.496 e. The summed E-state index contributed by atoms with van der Waals surface area (Å²) >= 11 is 7.33. The van der Waals surface area contributed by atoms with E-state index in [0.29, 0.717) is 5.75 Å². The number of nitrogens with one attached hydrogen (secondary N) is 1. The van der Waals surface area contributed by atoms with Gasteiger partial charge in [0.15, 0.2) is 0 Å². The zero-order valence-electron chi connectivity index (χ0n) is 15.9. The van der Waals surface area contributed by atoms with Crippen molar-refractivity contribution < 1.29 is 9.53 Å². The number of hydrogen-bond donors (Lipinski definition) is 1. The average molecular weight is 591 g/mol. The summed E-state index contributed by atoms with van der Waals surface area (Å²) in [7, 11) is 1.61. The van der Waals surface area contributed by atoms with Gasteiger partial charge in [0.05, 0.1) is 23.0 Å². The maximum atomic E-state index is 12.6. The van der Waals surface area contributed by atoms with Gasteiger partial charge in [-0.05, 0) is 77.2 Å². The standard InChI is InChI=1S/C23H16BrIN2O2S/c1-29-20-10-7-15(24)12-14(20)6-11-22(28)26-18-9-8-16(25)13-17(18)23-27-19-4-2-3-5-21(19)30-23/h2-13H,1H3,(H,26,28). The first-order chi connectivity index (χ1) is 14.5. The van der Waals surface area contributed by atoms with Crippen molar-refractivity contribution in [3.63, 3.8) is 0 Å². The van der Waals surface area contributed by atoms with Crippen LogP contribution in [0.3, 0.4) is 0 Å². The number of ether oxygens (including phenoxy) is 1. The van der Waals surface area contributed by atoms with Gasteiger partial charge < -0.3 is 10.1 Å². The molecule has 4 rings (SSSR count). The normalized spacial score (nSPS) is 11.2. The highest BCUT2D eigenvalue weighted by Gasteiger charge is 2.13. The van der Waals surface area contributed by atoms with Gasteiger partial charge in [-0.2, -0.15) is 0 Å². The van der Waals surface area contributed by atoms with Gasteiger partial charge in [-0.25, -0.2) is 4.98 Å². The number of carbonyl (C=O) groups excluding carboxylic acids is 1. The van der Waals surface area contributed by atoms with E-state index < -0.39 is 0 Å². The van der Waals surface area contributed by atoms with E-state index in [-0.39, 0.29) is 5.91 Å². The number of anilines is 1. The third kappa shape index (κ3) is 4.74. The summed E-state index contributed by atoms with van der Waals surface area (Å²) in [6.07, 6.45) is 3.24. The number of rotatable bonds is 5. The molecule has 0 aliphatic heterocycles. The summed E-state index contributed by atoms with van der Waals surface area (Å²) in [5.41, 5.74) is 3.40. The molecule has 1 aromatic heterocycles. The minimum absolute atomic E-state index is 0.222. The zero-order valence-corrected chi connectivity index (χ0v) is 20.4. The third-order valence-corrected chi connectivity index (χ3v) is 6.60. The molecule has 30 heavy (non-hydrogen) atoms. The van der Waals surface area contributed by atoms with Crippen LogP contribution in [0.5, 0.6) is 5.75 Å². The molecular formula is C23H16BrIN2O2S.